The van der Waals surface area contributed by atoms with Crippen LogP contribution in [-0.4, -0.2) is 33.2 Å². The third-order valence-corrected chi connectivity index (χ3v) is 6.93. The highest BCUT2D eigenvalue weighted by atomic mass is 32.2. The highest BCUT2D eigenvalue weighted by Crippen LogP contribution is 2.35. The van der Waals surface area contributed by atoms with E-state index in [1.165, 1.54) is 11.3 Å². The molecule has 2 aliphatic heterocycles. The van der Waals surface area contributed by atoms with Crippen molar-refractivity contribution in [2.45, 2.75) is 55.2 Å². The van der Waals surface area contributed by atoms with Crippen molar-refractivity contribution in [2.24, 2.45) is 0 Å². The van der Waals surface area contributed by atoms with Gasteiger partial charge in [-0.25, -0.2) is 13.1 Å². The van der Waals surface area contributed by atoms with E-state index in [9.17, 15) is 8.42 Å². The van der Waals surface area contributed by atoms with Crippen LogP contribution < -0.4 is 10.0 Å². The maximum Gasteiger partial charge on any atom is 0.250 e. The average molecular weight is 316 g/mol. The van der Waals surface area contributed by atoms with Crippen molar-refractivity contribution >= 4 is 21.4 Å². The van der Waals surface area contributed by atoms with Crippen molar-refractivity contribution in [3.8, 4) is 0 Å². The number of hydrogen-bond acceptors (Lipinski definition) is 5. The first-order valence-electron chi connectivity index (χ1n) is 7.05. The van der Waals surface area contributed by atoms with E-state index in [1.807, 2.05) is 13.0 Å². The molecule has 2 saturated heterocycles. The highest BCUT2D eigenvalue weighted by molar-refractivity contribution is 7.91. The molecule has 1 aromatic rings. The molecule has 0 aliphatic carbocycles. The van der Waals surface area contributed by atoms with Gasteiger partial charge in [0.2, 0.25) is 10.0 Å². The molecular formula is C13H20N2O3S2. The summed E-state index contributed by atoms with van der Waals surface area (Å²) in [4.78, 5) is 1.04. The molecule has 3 unspecified atom stereocenters. The summed E-state index contributed by atoms with van der Waals surface area (Å²) in [5.74, 6) is 0. The normalized spacial score (nSPS) is 29.1. The second-order valence-electron chi connectivity index (χ2n) is 5.34. The number of ether oxygens (including phenoxy) is 1. The first-order valence-corrected chi connectivity index (χ1v) is 9.35. The van der Waals surface area contributed by atoms with E-state index in [2.05, 4.69) is 10.0 Å². The van der Waals surface area contributed by atoms with Gasteiger partial charge in [-0.3, -0.25) is 0 Å². The molecule has 112 valence electrons. The molecule has 5 nitrogen and oxygen atoms in total. The van der Waals surface area contributed by atoms with Crippen LogP contribution in [0.1, 0.15) is 31.1 Å². The van der Waals surface area contributed by atoms with E-state index in [0.29, 0.717) is 10.8 Å². The van der Waals surface area contributed by atoms with Crippen molar-refractivity contribution in [2.75, 3.05) is 6.54 Å². The summed E-state index contributed by atoms with van der Waals surface area (Å²) in [5, 5.41) is 3.20. The predicted molar refractivity (Wildman–Crippen MR) is 78.3 cm³/mol. The Hall–Kier alpha value is -0.470. The van der Waals surface area contributed by atoms with Gasteiger partial charge in [0, 0.05) is 11.4 Å². The van der Waals surface area contributed by atoms with Crippen LogP contribution in [0.3, 0.4) is 0 Å². The van der Waals surface area contributed by atoms with Gasteiger partial charge in [0.1, 0.15) is 4.21 Å². The minimum Gasteiger partial charge on any atom is -0.373 e. The molecule has 2 bridgehead atoms. The molecule has 2 fully saturated rings. The quantitative estimate of drug-likeness (QED) is 0.834. The monoisotopic (exact) mass is 316 g/mol. The average Bonchev–Trinajstić information content (AvgIpc) is 3.11. The Kier molecular flexibility index (Phi) is 4.14. The minimum atomic E-state index is -3.41. The molecule has 3 atom stereocenters. The molecule has 0 saturated carbocycles. The molecule has 7 heteroatoms. The van der Waals surface area contributed by atoms with Crippen LogP contribution in [0, 0.1) is 0 Å². The Balaban J connectivity index is 1.67. The zero-order chi connectivity index (χ0) is 14.2. The lowest BCUT2D eigenvalue weighted by atomic mass is 9.96. The molecule has 0 amide bonds. The zero-order valence-electron chi connectivity index (χ0n) is 11.5. The van der Waals surface area contributed by atoms with Crippen molar-refractivity contribution < 1.29 is 13.2 Å². The molecule has 2 aliphatic rings. The number of thiophene rings is 1. The Morgan fingerprint density at radius 3 is 2.90 bits per heavy atom. The van der Waals surface area contributed by atoms with Gasteiger partial charge in [0.25, 0.3) is 0 Å². The van der Waals surface area contributed by atoms with Gasteiger partial charge in [-0.05, 0) is 37.9 Å². The lowest BCUT2D eigenvalue weighted by Crippen LogP contribution is -2.41. The Morgan fingerprint density at radius 2 is 2.25 bits per heavy atom. The minimum absolute atomic E-state index is 0.0573. The maximum absolute atomic E-state index is 12.4. The van der Waals surface area contributed by atoms with Crippen molar-refractivity contribution in [1.29, 1.82) is 0 Å². The number of sulfonamides is 1. The second-order valence-corrected chi connectivity index (χ2v) is 8.45. The molecule has 20 heavy (non-hydrogen) atoms. The van der Waals surface area contributed by atoms with Crippen LogP contribution in [0.4, 0.5) is 0 Å². The van der Waals surface area contributed by atoms with Gasteiger partial charge in [-0.15, -0.1) is 11.3 Å². The van der Waals surface area contributed by atoms with Gasteiger partial charge in [-0.1, -0.05) is 6.92 Å². The summed E-state index contributed by atoms with van der Waals surface area (Å²) in [7, 11) is -3.41. The van der Waals surface area contributed by atoms with Crippen LogP contribution >= 0.6 is 11.3 Å². The van der Waals surface area contributed by atoms with E-state index >= 15 is 0 Å². The largest absolute Gasteiger partial charge is 0.373 e. The van der Waals surface area contributed by atoms with E-state index in [-0.39, 0.29) is 18.2 Å². The fraction of sp³-hybridized carbons (Fsp3) is 0.692. The van der Waals surface area contributed by atoms with Crippen molar-refractivity contribution in [3.63, 3.8) is 0 Å². The summed E-state index contributed by atoms with van der Waals surface area (Å²) < 4.78 is 33.6. The number of fused-ring (bicyclic) bond motifs is 2. The molecule has 0 spiro atoms. The maximum atomic E-state index is 12.4. The summed E-state index contributed by atoms with van der Waals surface area (Å²) in [6.45, 7) is 3.62. The smallest absolute Gasteiger partial charge is 0.250 e. The van der Waals surface area contributed by atoms with Gasteiger partial charge >= 0.3 is 0 Å². The topological polar surface area (TPSA) is 67.4 Å². The van der Waals surface area contributed by atoms with E-state index in [1.54, 1.807) is 6.07 Å². The van der Waals surface area contributed by atoms with Gasteiger partial charge in [0.15, 0.2) is 0 Å². The molecule has 0 aromatic carbocycles. The van der Waals surface area contributed by atoms with Crippen LogP contribution in [0.15, 0.2) is 16.3 Å². The van der Waals surface area contributed by atoms with Gasteiger partial charge < -0.3 is 10.1 Å². The molecule has 0 radical (unpaired) electrons. The van der Waals surface area contributed by atoms with Crippen molar-refractivity contribution in [1.82, 2.24) is 10.0 Å². The zero-order valence-corrected chi connectivity index (χ0v) is 13.1. The Labute approximate surface area is 123 Å². The van der Waals surface area contributed by atoms with Crippen LogP contribution in [-0.2, 0) is 21.3 Å². The number of nitrogens with one attached hydrogen (secondary N) is 2. The van der Waals surface area contributed by atoms with E-state index < -0.39 is 10.0 Å². The van der Waals surface area contributed by atoms with Crippen LogP contribution in [0.25, 0.3) is 0 Å². The predicted octanol–water partition coefficient (Wildman–Crippen LogP) is 1.46. The molecule has 3 rings (SSSR count). The second kappa shape index (κ2) is 5.73. The fourth-order valence-corrected chi connectivity index (χ4v) is 5.48. The van der Waals surface area contributed by atoms with Gasteiger partial charge in [0.05, 0.1) is 18.2 Å². The highest BCUT2D eigenvalue weighted by Gasteiger charge is 2.42. The summed E-state index contributed by atoms with van der Waals surface area (Å²) in [6, 6.07) is 3.51. The fourth-order valence-electron chi connectivity index (χ4n) is 2.87. The molecular weight excluding hydrogens is 296 g/mol. The molecule has 3 heterocycles. The standard InChI is InChI=1S/C13H20N2O3S2/c1-2-14-8-10-4-6-13(19-10)20(16,17)15-11-7-9-3-5-12(11)18-9/h4,6,9,11-12,14-15H,2-3,5,7-8H2,1H3. The van der Waals surface area contributed by atoms with E-state index in [0.717, 1.165) is 30.7 Å². The summed E-state index contributed by atoms with van der Waals surface area (Å²) >= 11 is 1.33. The number of rotatable bonds is 6. The van der Waals surface area contributed by atoms with Crippen molar-refractivity contribution in [3.05, 3.63) is 17.0 Å². The SMILES string of the molecule is CCNCc1ccc(S(=O)(=O)NC2CC3CCC2O3)s1. The summed E-state index contributed by atoms with van der Waals surface area (Å²) in [6.07, 6.45) is 3.15. The van der Waals surface area contributed by atoms with E-state index in [4.69, 9.17) is 4.74 Å². The Bertz CT molecular complexity index is 570. The lowest BCUT2D eigenvalue weighted by Gasteiger charge is -2.19. The lowest BCUT2D eigenvalue weighted by molar-refractivity contribution is 0.0996. The first kappa shape index (κ1) is 14.5. The van der Waals surface area contributed by atoms with Crippen LogP contribution in [0.2, 0.25) is 0 Å². The van der Waals surface area contributed by atoms with Gasteiger partial charge in [-0.2, -0.15) is 0 Å². The summed E-state index contributed by atoms with van der Waals surface area (Å²) in [5.41, 5.74) is 0. The molecule has 1 aromatic heterocycles. The Morgan fingerprint density at radius 1 is 1.40 bits per heavy atom. The number of hydrogen-bond donors (Lipinski definition) is 2. The van der Waals surface area contributed by atoms with Crippen LogP contribution in [0.5, 0.6) is 0 Å². The third-order valence-electron chi connectivity index (χ3n) is 3.86. The first-order chi connectivity index (χ1) is 9.58. The molecule has 2 N–H and O–H groups in total. The third kappa shape index (κ3) is 2.92.